The molecule has 2 aromatic heterocycles. The number of anilines is 1. The number of ether oxygens (including phenoxy) is 2. The van der Waals surface area contributed by atoms with E-state index in [1.54, 1.807) is 13.8 Å². The van der Waals surface area contributed by atoms with Crippen molar-refractivity contribution < 1.29 is 85.2 Å². The molecule has 29 heteroatoms. The summed E-state index contributed by atoms with van der Waals surface area (Å²) in [5.74, 6) is -0.416. The van der Waals surface area contributed by atoms with Crippen molar-refractivity contribution in [3.05, 3.63) is 77.9 Å². The van der Waals surface area contributed by atoms with Crippen molar-refractivity contribution in [3.63, 3.8) is 0 Å². The average molecular weight is 1060 g/mol. The molecule has 2 aliphatic rings. The molecule has 8 atom stereocenters. The summed E-state index contributed by atoms with van der Waals surface area (Å²) in [6, 6.07) is 16.3. The van der Waals surface area contributed by atoms with Crippen molar-refractivity contribution in [3.8, 4) is 5.75 Å². The molecule has 0 radical (unpaired) electrons. The van der Waals surface area contributed by atoms with Crippen LogP contribution in [0.1, 0.15) is 75.8 Å². The van der Waals surface area contributed by atoms with Crippen molar-refractivity contribution in [2.24, 2.45) is 5.41 Å². The molecule has 3 heterocycles. The van der Waals surface area contributed by atoms with E-state index in [9.17, 15) is 57.9 Å². The number of phosphoric ester groups is 3. The molecule has 25 nitrogen and oxygen atoms in total. The minimum atomic E-state index is -5.60. The van der Waals surface area contributed by atoms with Crippen molar-refractivity contribution >= 4 is 69.1 Å². The number of hydrogen-bond donors (Lipinski definition) is 9. The van der Waals surface area contributed by atoms with E-state index in [0.29, 0.717) is 11.7 Å². The molecule has 1 fully saturated rings. The third-order valence-corrected chi connectivity index (χ3v) is 15.5. The molecule has 0 bridgehead atoms. The number of phosphoric acid groups is 3. The van der Waals surface area contributed by atoms with Crippen molar-refractivity contribution in [2.45, 2.75) is 95.5 Å². The number of nitrogens with one attached hydrogen (secondary N) is 2. The van der Waals surface area contributed by atoms with Gasteiger partial charge in [-0.1, -0.05) is 62.0 Å². The lowest BCUT2D eigenvalue weighted by atomic mass is 9.79. The van der Waals surface area contributed by atoms with Gasteiger partial charge in [0.25, 0.3) is 0 Å². The van der Waals surface area contributed by atoms with Crippen LogP contribution in [-0.4, -0.2) is 128 Å². The van der Waals surface area contributed by atoms with Crippen LogP contribution in [0.4, 0.5) is 5.82 Å². The summed E-state index contributed by atoms with van der Waals surface area (Å²) in [6.45, 7) is 3.69. The monoisotopic (exact) mass is 1060 g/mol. The molecule has 2 amide bonds. The van der Waals surface area contributed by atoms with Crippen molar-refractivity contribution in [1.82, 2.24) is 30.2 Å². The lowest BCUT2D eigenvalue weighted by Gasteiger charge is -2.30. The molecule has 1 saturated heterocycles. The number of benzene rings is 2. The zero-order valence-corrected chi connectivity index (χ0v) is 41.8. The second-order valence-corrected chi connectivity index (χ2v) is 22.8. The Kier molecular flexibility index (Phi) is 17.9. The smallest absolute Gasteiger partial charge is 0.479 e. The maximum Gasteiger partial charge on any atom is 0.481 e. The van der Waals surface area contributed by atoms with E-state index in [4.69, 9.17) is 24.3 Å². The highest BCUT2D eigenvalue weighted by atomic mass is 32.2. The first kappa shape index (κ1) is 55.1. The number of fused-ring (bicyclic) bond motifs is 2. The van der Waals surface area contributed by atoms with Crippen LogP contribution in [0.5, 0.6) is 5.75 Å². The number of carbonyl (C=O) groups excluding carboxylic acids is 3. The summed E-state index contributed by atoms with van der Waals surface area (Å²) in [5.41, 5.74) is 6.98. The third kappa shape index (κ3) is 14.5. The number of carbonyl (C=O) groups is 3. The Bertz CT molecular complexity index is 2650. The first-order chi connectivity index (χ1) is 32.8. The van der Waals surface area contributed by atoms with E-state index >= 15 is 0 Å². The van der Waals surface area contributed by atoms with E-state index in [-0.39, 0.29) is 47.4 Å². The fourth-order valence-electron chi connectivity index (χ4n) is 7.65. The number of nitrogen functional groups attached to an aromatic ring is 1. The van der Waals surface area contributed by atoms with E-state index in [1.165, 1.54) is 30.5 Å². The largest absolute Gasteiger partial charge is 0.481 e. The highest BCUT2D eigenvalue weighted by Crippen LogP contribution is 2.61. The molecule has 384 valence electrons. The second kappa shape index (κ2) is 22.7. The Labute approximate surface area is 405 Å². The number of nitrogens with zero attached hydrogens (tertiary/aromatic N) is 4. The lowest BCUT2D eigenvalue weighted by Crippen LogP contribution is -2.46. The first-order valence-electron chi connectivity index (χ1n) is 21.7. The number of aliphatic hydroxyl groups is 2. The molecule has 3 unspecified atom stereocenters. The number of nitrogens with two attached hydrogens (primary N) is 1. The van der Waals surface area contributed by atoms with Gasteiger partial charge in [0.1, 0.15) is 42.0 Å². The van der Waals surface area contributed by atoms with Gasteiger partial charge in [-0.05, 0) is 61.9 Å². The number of aryl methyl sites for hydroxylation is 1. The van der Waals surface area contributed by atoms with Crippen molar-refractivity contribution in [2.75, 3.05) is 37.8 Å². The average Bonchev–Trinajstić information content (AvgIpc) is 3.85. The summed E-state index contributed by atoms with van der Waals surface area (Å²) in [6.07, 6.45) is -3.78. The van der Waals surface area contributed by atoms with Gasteiger partial charge >= 0.3 is 23.5 Å². The zero-order chi connectivity index (χ0) is 51.2. The van der Waals surface area contributed by atoms with Gasteiger partial charge in [0, 0.05) is 36.6 Å². The third-order valence-electron chi connectivity index (χ3n) is 11.3. The second-order valence-electron chi connectivity index (χ2n) is 17.5. The summed E-state index contributed by atoms with van der Waals surface area (Å²) in [4.78, 5) is 89.6. The van der Waals surface area contributed by atoms with Crippen LogP contribution in [0.3, 0.4) is 0 Å². The molecule has 0 spiro atoms. The van der Waals surface area contributed by atoms with Gasteiger partial charge < -0.3 is 55.6 Å². The van der Waals surface area contributed by atoms with Crippen molar-refractivity contribution in [1.29, 1.82) is 0 Å². The van der Waals surface area contributed by atoms with Gasteiger partial charge in [-0.15, -0.1) is 0 Å². The molecule has 4 aromatic rings. The Hall–Kier alpha value is -4.20. The number of amides is 2. The standard InChI is InChI=1S/C41H56N7O18P3S/c1-40(2,21-62-69(59,60)66-68(57,58)61-20-29-33(65-67(54,55)56)32(50)38(63-29)48-23-47-31-35(42)45-22-46-36(31)48)34(51)37(52)44-17-16-30(49)43-18-19-70-39(53)41(3,4)64-26-14-12-25(13-15-26)28-11-7-9-24-8-5-6-10-27(24)28/h5-6,8,10,12-15,22-23,28-29,32-34,38,50-51H,7,9,11,16-21H2,1-4H3,(H,43,49)(H,44,52)(H,57,58)(H,59,60)(H2,42,45,46)(H2,54,55,56)/t28?,29-,32-,33-,34+,38-/m1/s1. The molecule has 1 aliphatic heterocycles. The van der Waals surface area contributed by atoms with E-state index in [0.717, 1.165) is 48.2 Å². The van der Waals surface area contributed by atoms with Crippen LogP contribution in [0, 0.1) is 5.41 Å². The molecule has 0 saturated carbocycles. The molecular weight excluding hydrogens is 1000 g/mol. The van der Waals surface area contributed by atoms with E-state index in [1.807, 2.05) is 24.3 Å². The van der Waals surface area contributed by atoms with Crippen LogP contribution in [0.15, 0.2) is 61.2 Å². The highest BCUT2D eigenvalue weighted by Gasteiger charge is 2.50. The van der Waals surface area contributed by atoms with Gasteiger partial charge in [-0.2, -0.15) is 4.31 Å². The summed E-state index contributed by atoms with van der Waals surface area (Å²) in [7, 11) is -16.5. The van der Waals surface area contributed by atoms with E-state index < -0.39 is 90.2 Å². The lowest BCUT2D eigenvalue weighted by molar-refractivity contribution is -0.137. The Morgan fingerprint density at radius 3 is 2.37 bits per heavy atom. The zero-order valence-electron chi connectivity index (χ0n) is 38.3. The fourth-order valence-corrected chi connectivity index (χ4v) is 11.3. The van der Waals surface area contributed by atoms with Gasteiger partial charge in [0.05, 0.1) is 19.5 Å². The molecule has 70 heavy (non-hydrogen) atoms. The van der Waals surface area contributed by atoms with Crippen LogP contribution in [0.25, 0.3) is 11.2 Å². The highest BCUT2D eigenvalue weighted by molar-refractivity contribution is 8.13. The number of thioether (sulfide) groups is 1. The summed E-state index contributed by atoms with van der Waals surface area (Å²) >= 11 is 0.990. The van der Waals surface area contributed by atoms with Gasteiger partial charge in [-0.25, -0.2) is 28.6 Å². The minimum absolute atomic E-state index is 0.0265. The fraction of sp³-hybridized carbons (Fsp3) is 0.512. The molecule has 10 N–H and O–H groups in total. The summed E-state index contributed by atoms with van der Waals surface area (Å²) in [5, 5.41) is 26.4. The summed E-state index contributed by atoms with van der Waals surface area (Å²) < 4.78 is 68.6. The Morgan fingerprint density at radius 2 is 1.66 bits per heavy atom. The van der Waals surface area contributed by atoms with Crippen LogP contribution in [-0.2, 0) is 57.1 Å². The van der Waals surface area contributed by atoms with Gasteiger partial charge in [-0.3, -0.25) is 32.5 Å². The molecular formula is C41H56N7O18P3S. The normalized spacial score (nSPS) is 21.8. The number of hydrogen-bond acceptors (Lipinski definition) is 19. The van der Waals surface area contributed by atoms with E-state index in [2.05, 4.69) is 58.7 Å². The van der Waals surface area contributed by atoms with Crippen LogP contribution in [0.2, 0.25) is 0 Å². The predicted molar refractivity (Wildman–Crippen MR) is 249 cm³/mol. The van der Waals surface area contributed by atoms with Gasteiger partial charge in [0.15, 0.2) is 23.3 Å². The maximum absolute atomic E-state index is 13.1. The molecule has 6 rings (SSSR count). The number of rotatable bonds is 23. The Morgan fingerprint density at radius 1 is 0.957 bits per heavy atom. The topological polar surface area (TPSA) is 373 Å². The van der Waals surface area contributed by atoms with Crippen LogP contribution >= 0.6 is 35.2 Å². The SMILES string of the molecule is CC(C)(Oc1ccc(C2CCCc3ccccc32)cc1)C(=O)SCCNC(=O)CCNC(=O)[C@H](O)C(C)(C)COP(=O)(O)OP(=O)(O)OC[C@H]1O[C@@H](n2cnc3c(N)ncnc32)[C@H](O)[C@@H]1OP(=O)(O)O. The Balaban J connectivity index is 0.888. The van der Waals surface area contributed by atoms with Crippen LogP contribution < -0.4 is 21.1 Å². The molecule has 2 aromatic carbocycles. The minimum Gasteiger partial charge on any atom is -0.479 e. The number of imidazole rings is 1. The first-order valence-corrected chi connectivity index (χ1v) is 27.2. The molecule has 1 aliphatic carbocycles. The number of aromatic nitrogens is 4. The maximum atomic E-state index is 13.1. The quantitative estimate of drug-likeness (QED) is 0.0381. The van der Waals surface area contributed by atoms with Gasteiger partial charge in [0.2, 0.25) is 16.9 Å². The number of aliphatic hydroxyl groups excluding tert-OH is 2. The predicted octanol–water partition coefficient (Wildman–Crippen LogP) is 2.99.